The van der Waals surface area contributed by atoms with Crippen LogP contribution in [0.3, 0.4) is 0 Å². The highest BCUT2D eigenvalue weighted by atomic mass is 31.0. The summed E-state index contributed by atoms with van der Waals surface area (Å²) in [5.74, 6) is 0. The summed E-state index contributed by atoms with van der Waals surface area (Å²) in [6, 6.07) is 8.48. The second kappa shape index (κ2) is 6.14. The fourth-order valence-corrected chi connectivity index (χ4v) is 2.31. The lowest BCUT2D eigenvalue weighted by Gasteiger charge is -2.17. The Hall–Kier alpha value is -0.910. The fraction of sp³-hybridized carbons (Fsp3) is 0.333. The van der Waals surface area contributed by atoms with Gasteiger partial charge >= 0.3 is 0 Å². The molecule has 0 bridgehead atoms. The predicted molar refractivity (Wildman–Crippen MR) is 76.6 cm³/mol. The smallest absolute Gasteiger partial charge is 0.107 e. The molecule has 0 fully saturated rings. The first-order valence-electron chi connectivity index (χ1n) is 6.06. The molecule has 0 saturated heterocycles. The normalized spacial score (nSPS) is 17.4. The fourth-order valence-electron chi connectivity index (χ4n) is 2.12. The number of ether oxygens (including phenoxy) is 1. The van der Waals surface area contributed by atoms with Crippen LogP contribution in [0.15, 0.2) is 48.1 Å². The van der Waals surface area contributed by atoms with Crippen LogP contribution < -0.4 is 5.30 Å². The molecule has 0 saturated carbocycles. The summed E-state index contributed by atoms with van der Waals surface area (Å²) in [7, 11) is 4.48. The average Bonchev–Trinajstić information content (AvgIpc) is 2.62. The number of benzene rings is 1. The van der Waals surface area contributed by atoms with Crippen molar-refractivity contribution >= 4 is 14.5 Å². The molecule has 2 unspecified atom stereocenters. The van der Waals surface area contributed by atoms with E-state index in [-0.39, 0.29) is 6.10 Å². The minimum absolute atomic E-state index is 0.0648. The van der Waals surface area contributed by atoms with Gasteiger partial charge in [-0.3, -0.25) is 0 Å². The van der Waals surface area contributed by atoms with Crippen LogP contribution in [0, 0.1) is 0 Å². The minimum atomic E-state index is 0.0648. The summed E-state index contributed by atoms with van der Waals surface area (Å²) in [4.78, 5) is 0. The molecule has 1 aliphatic rings. The lowest BCUT2D eigenvalue weighted by molar-refractivity contribution is 0.135. The number of methoxy groups -OCH3 is 1. The van der Waals surface area contributed by atoms with E-state index in [2.05, 4.69) is 51.7 Å². The molecule has 2 atom stereocenters. The Kier molecular flexibility index (Phi) is 4.53. The van der Waals surface area contributed by atoms with Gasteiger partial charge in [0.1, 0.15) is 6.10 Å². The first kappa shape index (κ1) is 12.5. The second-order valence-electron chi connectivity index (χ2n) is 4.32. The second-order valence-corrected chi connectivity index (χ2v) is 4.99. The Balaban J connectivity index is 2.26. The third-order valence-corrected chi connectivity index (χ3v) is 3.43. The Morgan fingerprint density at radius 2 is 1.94 bits per heavy atom. The van der Waals surface area contributed by atoms with Gasteiger partial charge < -0.3 is 4.74 Å². The molecule has 0 heterocycles. The summed E-state index contributed by atoms with van der Waals surface area (Å²) < 4.78 is 5.64. The van der Waals surface area contributed by atoms with E-state index in [1.54, 1.807) is 7.11 Å². The van der Waals surface area contributed by atoms with Gasteiger partial charge in [0.2, 0.25) is 0 Å². The van der Waals surface area contributed by atoms with Crippen LogP contribution in [0.4, 0.5) is 0 Å². The first-order valence-corrected chi connectivity index (χ1v) is 6.64. The van der Waals surface area contributed by atoms with Crippen molar-refractivity contribution in [2.45, 2.75) is 25.4 Å². The van der Waals surface area contributed by atoms with E-state index in [0.29, 0.717) is 0 Å². The van der Waals surface area contributed by atoms with Crippen LogP contribution in [-0.4, -0.2) is 7.11 Å². The molecular weight excluding hydrogens is 227 g/mol. The van der Waals surface area contributed by atoms with Gasteiger partial charge in [-0.2, -0.15) is 0 Å². The van der Waals surface area contributed by atoms with E-state index in [9.17, 15) is 0 Å². The topological polar surface area (TPSA) is 9.23 Å². The molecule has 0 N–H and O–H groups in total. The number of hydrogen-bond donors (Lipinski definition) is 0. The molecule has 1 aromatic rings. The van der Waals surface area contributed by atoms with Crippen molar-refractivity contribution in [3.8, 4) is 0 Å². The Labute approximate surface area is 106 Å². The van der Waals surface area contributed by atoms with Crippen molar-refractivity contribution in [3.63, 3.8) is 0 Å². The zero-order chi connectivity index (χ0) is 12.1. The van der Waals surface area contributed by atoms with Crippen LogP contribution >= 0.6 is 9.24 Å². The van der Waals surface area contributed by atoms with E-state index in [0.717, 1.165) is 6.42 Å². The predicted octanol–water partition coefficient (Wildman–Crippen LogP) is 3.54. The molecule has 0 radical (unpaired) electrons. The van der Waals surface area contributed by atoms with Gasteiger partial charge in [-0.1, -0.05) is 42.5 Å². The molecule has 2 rings (SSSR count). The van der Waals surface area contributed by atoms with Crippen LogP contribution in [0.25, 0.3) is 0 Å². The van der Waals surface area contributed by atoms with Gasteiger partial charge in [0.25, 0.3) is 0 Å². The van der Waals surface area contributed by atoms with Crippen molar-refractivity contribution in [2.24, 2.45) is 0 Å². The number of rotatable bonds is 3. The van der Waals surface area contributed by atoms with Gasteiger partial charge in [-0.05, 0) is 35.7 Å². The van der Waals surface area contributed by atoms with Gasteiger partial charge in [-0.25, -0.2) is 0 Å². The maximum Gasteiger partial charge on any atom is 0.107 e. The summed E-state index contributed by atoms with van der Waals surface area (Å²) in [5.41, 5.74) is 2.50. The zero-order valence-corrected chi connectivity index (χ0v) is 11.4. The van der Waals surface area contributed by atoms with Crippen LogP contribution in [0.2, 0.25) is 0 Å². The summed E-state index contributed by atoms with van der Waals surface area (Å²) in [5, 5.41) is 1.20. The van der Waals surface area contributed by atoms with Gasteiger partial charge in [0, 0.05) is 7.11 Å². The van der Waals surface area contributed by atoms with Crippen molar-refractivity contribution in [1.29, 1.82) is 0 Å². The van der Waals surface area contributed by atoms with Crippen LogP contribution in [0.1, 0.15) is 30.9 Å². The molecule has 2 heteroatoms. The lowest BCUT2D eigenvalue weighted by atomic mass is 10.0. The van der Waals surface area contributed by atoms with E-state index in [1.165, 1.54) is 29.3 Å². The quantitative estimate of drug-likeness (QED) is 0.741. The highest BCUT2D eigenvalue weighted by Gasteiger charge is 2.14. The Bertz CT molecular complexity index is 417. The van der Waals surface area contributed by atoms with Crippen LogP contribution in [-0.2, 0) is 4.74 Å². The van der Waals surface area contributed by atoms with E-state index < -0.39 is 0 Å². The highest BCUT2D eigenvalue weighted by Crippen LogP contribution is 2.28. The molecule has 1 aromatic carbocycles. The SMILES string of the molecule is COC(C1=CCCCC=C1)c1ccc(P)cc1. The molecule has 1 aliphatic carbocycles. The largest absolute Gasteiger partial charge is 0.372 e. The third kappa shape index (κ3) is 3.28. The molecule has 1 nitrogen and oxygen atoms in total. The monoisotopic (exact) mass is 246 g/mol. The van der Waals surface area contributed by atoms with Gasteiger partial charge in [0.05, 0.1) is 0 Å². The lowest BCUT2D eigenvalue weighted by Crippen LogP contribution is -2.05. The minimum Gasteiger partial charge on any atom is -0.372 e. The van der Waals surface area contributed by atoms with Gasteiger partial charge in [0.15, 0.2) is 0 Å². The molecule has 0 aliphatic heterocycles. The summed E-state index contributed by atoms with van der Waals surface area (Å²) in [6.45, 7) is 0. The van der Waals surface area contributed by atoms with Crippen molar-refractivity contribution in [2.75, 3.05) is 7.11 Å². The van der Waals surface area contributed by atoms with E-state index in [4.69, 9.17) is 4.74 Å². The van der Waals surface area contributed by atoms with Crippen molar-refractivity contribution in [1.82, 2.24) is 0 Å². The van der Waals surface area contributed by atoms with Crippen molar-refractivity contribution in [3.05, 3.63) is 53.6 Å². The third-order valence-electron chi connectivity index (χ3n) is 3.04. The Morgan fingerprint density at radius 1 is 1.18 bits per heavy atom. The van der Waals surface area contributed by atoms with Gasteiger partial charge in [-0.15, -0.1) is 9.24 Å². The first-order chi connectivity index (χ1) is 8.31. The maximum atomic E-state index is 5.64. The van der Waals surface area contributed by atoms with Crippen LogP contribution in [0.5, 0.6) is 0 Å². The number of allylic oxidation sites excluding steroid dienone is 2. The molecule has 0 amide bonds. The van der Waals surface area contributed by atoms with E-state index in [1.807, 2.05) is 0 Å². The zero-order valence-electron chi connectivity index (χ0n) is 10.2. The summed E-state index contributed by atoms with van der Waals surface area (Å²) in [6.07, 6.45) is 10.4. The molecular formula is C15H19OP. The highest BCUT2D eigenvalue weighted by molar-refractivity contribution is 7.27. The molecule has 17 heavy (non-hydrogen) atoms. The Morgan fingerprint density at radius 3 is 2.65 bits per heavy atom. The standard InChI is InChI=1S/C15H19OP/c1-16-15(12-6-4-2-3-5-7-12)13-8-10-14(17)11-9-13/h4,6-11,15H,2-3,5,17H2,1H3. The summed E-state index contributed by atoms with van der Waals surface area (Å²) >= 11 is 0. The molecule has 90 valence electrons. The average molecular weight is 246 g/mol. The van der Waals surface area contributed by atoms with Crippen molar-refractivity contribution < 1.29 is 4.74 Å². The molecule has 0 spiro atoms. The van der Waals surface area contributed by atoms with E-state index >= 15 is 0 Å². The molecule has 0 aromatic heterocycles. The maximum absolute atomic E-state index is 5.64. The number of hydrogen-bond acceptors (Lipinski definition) is 1.